The van der Waals surface area contributed by atoms with E-state index >= 15 is 0 Å². The number of hydrogen-bond acceptors (Lipinski definition) is 7. The van der Waals surface area contributed by atoms with Crippen molar-refractivity contribution in [2.45, 2.75) is 25.4 Å². The molecule has 9 nitrogen and oxygen atoms in total. The molecule has 0 radical (unpaired) electrons. The number of carbonyl (C=O) groups is 1. The van der Waals surface area contributed by atoms with Crippen molar-refractivity contribution in [1.82, 2.24) is 16.3 Å². The predicted octanol–water partition coefficient (Wildman–Crippen LogP) is 2.05. The standard InChI is InChI=1S/C19H21N5O4/c1-12(14-4-3-5-15(10-14)24(26)27)20-23-19(25)18-11-17(21-22-18)13-6-8-16(28-2)9-7-13/h3-10,17-18,21-22H,11H2,1-2H3,(H,23,25)/b20-12+. The van der Waals surface area contributed by atoms with Crippen LogP contribution in [-0.2, 0) is 4.79 Å². The van der Waals surface area contributed by atoms with Crippen LogP contribution in [0.3, 0.4) is 0 Å². The number of rotatable bonds is 6. The molecule has 0 aromatic heterocycles. The number of ether oxygens (including phenoxy) is 1. The monoisotopic (exact) mass is 383 g/mol. The van der Waals surface area contributed by atoms with E-state index in [1.54, 1.807) is 26.2 Å². The number of nitro groups is 1. The highest BCUT2D eigenvalue weighted by atomic mass is 16.6. The summed E-state index contributed by atoms with van der Waals surface area (Å²) in [6.07, 6.45) is 0.559. The second kappa shape index (κ2) is 8.59. The summed E-state index contributed by atoms with van der Waals surface area (Å²) in [7, 11) is 1.61. The Balaban J connectivity index is 1.59. The van der Waals surface area contributed by atoms with Crippen molar-refractivity contribution in [3.63, 3.8) is 0 Å². The third-order valence-corrected chi connectivity index (χ3v) is 4.55. The summed E-state index contributed by atoms with van der Waals surface area (Å²) in [4.78, 5) is 22.8. The number of nitro benzene ring substituents is 1. The van der Waals surface area contributed by atoms with Gasteiger partial charge in [0.05, 0.1) is 17.7 Å². The molecule has 146 valence electrons. The Morgan fingerprint density at radius 3 is 2.68 bits per heavy atom. The van der Waals surface area contributed by atoms with Gasteiger partial charge in [0.1, 0.15) is 11.8 Å². The molecular formula is C19H21N5O4. The van der Waals surface area contributed by atoms with Crippen LogP contribution in [0.25, 0.3) is 0 Å². The highest BCUT2D eigenvalue weighted by Crippen LogP contribution is 2.24. The lowest BCUT2D eigenvalue weighted by atomic mass is 10.0. The highest BCUT2D eigenvalue weighted by molar-refractivity contribution is 5.99. The zero-order chi connectivity index (χ0) is 20.1. The van der Waals surface area contributed by atoms with Crippen LogP contribution >= 0.6 is 0 Å². The van der Waals surface area contributed by atoms with Crippen molar-refractivity contribution < 1.29 is 14.5 Å². The Hall–Kier alpha value is -3.30. The van der Waals surface area contributed by atoms with Gasteiger partial charge in [-0.1, -0.05) is 24.3 Å². The molecule has 2 unspecified atom stereocenters. The number of hydrazine groups is 1. The number of hydrogen-bond donors (Lipinski definition) is 3. The van der Waals surface area contributed by atoms with Crippen molar-refractivity contribution >= 4 is 17.3 Å². The average Bonchev–Trinajstić information content (AvgIpc) is 3.22. The molecule has 0 saturated carbocycles. The summed E-state index contributed by atoms with van der Waals surface area (Å²) in [5, 5.41) is 14.9. The van der Waals surface area contributed by atoms with E-state index < -0.39 is 11.0 Å². The third-order valence-electron chi connectivity index (χ3n) is 4.55. The van der Waals surface area contributed by atoms with Crippen LogP contribution in [0, 0.1) is 10.1 Å². The van der Waals surface area contributed by atoms with Gasteiger partial charge in [0.25, 0.3) is 11.6 Å². The van der Waals surface area contributed by atoms with Crippen molar-refractivity contribution in [1.29, 1.82) is 0 Å². The molecule has 0 spiro atoms. The maximum Gasteiger partial charge on any atom is 0.270 e. The molecule has 1 fully saturated rings. The van der Waals surface area contributed by atoms with E-state index in [0.717, 1.165) is 11.3 Å². The Labute approximate surface area is 161 Å². The van der Waals surface area contributed by atoms with Crippen LogP contribution < -0.4 is 21.0 Å². The van der Waals surface area contributed by atoms with Gasteiger partial charge in [0, 0.05) is 23.7 Å². The van der Waals surface area contributed by atoms with Crippen molar-refractivity contribution in [2.75, 3.05) is 7.11 Å². The minimum absolute atomic E-state index is 0.0106. The Morgan fingerprint density at radius 2 is 2.00 bits per heavy atom. The fourth-order valence-corrected chi connectivity index (χ4v) is 2.91. The number of hydrazone groups is 1. The van der Waals surface area contributed by atoms with Crippen molar-refractivity contribution in [2.24, 2.45) is 5.10 Å². The minimum atomic E-state index is -0.469. The molecule has 1 aliphatic heterocycles. The topological polar surface area (TPSA) is 118 Å². The van der Waals surface area contributed by atoms with Crippen LogP contribution in [0.1, 0.15) is 30.5 Å². The first kappa shape index (κ1) is 19.5. The van der Waals surface area contributed by atoms with Crippen LogP contribution in [0.15, 0.2) is 53.6 Å². The molecule has 9 heteroatoms. The molecule has 2 atom stereocenters. The number of nitrogens with one attached hydrogen (secondary N) is 3. The molecular weight excluding hydrogens is 362 g/mol. The maximum absolute atomic E-state index is 12.4. The number of non-ortho nitro benzene ring substituents is 1. The van der Waals surface area contributed by atoms with Crippen LogP contribution in [0.5, 0.6) is 5.75 Å². The molecule has 1 heterocycles. The van der Waals surface area contributed by atoms with Crippen LogP contribution in [-0.4, -0.2) is 29.7 Å². The molecule has 0 aliphatic carbocycles. The van der Waals surface area contributed by atoms with Crippen molar-refractivity contribution in [3.05, 3.63) is 69.8 Å². The number of amides is 1. The molecule has 3 rings (SSSR count). The second-order valence-corrected chi connectivity index (χ2v) is 6.38. The number of carbonyl (C=O) groups excluding carboxylic acids is 1. The van der Waals surface area contributed by atoms with Gasteiger partial charge in [0.15, 0.2) is 0 Å². The summed E-state index contributed by atoms with van der Waals surface area (Å²) in [6.45, 7) is 1.68. The van der Waals surface area contributed by atoms with Gasteiger partial charge in [-0.3, -0.25) is 14.9 Å². The molecule has 1 aliphatic rings. The van der Waals surface area contributed by atoms with Gasteiger partial charge in [-0.15, -0.1) is 0 Å². The van der Waals surface area contributed by atoms with Crippen molar-refractivity contribution in [3.8, 4) is 5.75 Å². The minimum Gasteiger partial charge on any atom is -0.497 e. The average molecular weight is 383 g/mol. The zero-order valence-corrected chi connectivity index (χ0v) is 15.5. The fourth-order valence-electron chi connectivity index (χ4n) is 2.91. The van der Waals surface area contributed by atoms with E-state index in [9.17, 15) is 14.9 Å². The molecule has 3 N–H and O–H groups in total. The Bertz CT molecular complexity index is 897. The van der Waals surface area contributed by atoms with E-state index in [1.807, 2.05) is 24.3 Å². The summed E-state index contributed by atoms with van der Waals surface area (Å²) in [5.74, 6) is 0.489. The second-order valence-electron chi connectivity index (χ2n) is 6.38. The van der Waals surface area contributed by atoms with E-state index in [1.165, 1.54) is 12.1 Å². The largest absolute Gasteiger partial charge is 0.497 e. The van der Waals surface area contributed by atoms with Gasteiger partial charge in [-0.05, 0) is 31.0 Å². The molecule has 0 bridgehead atoms. The summed E-state index contributed by atoms with van der Waals surface area (Å²) < 4.78 is 5.15. The Kier molecular flexibility index (Phi) is 5.97. The normalized spacial score (nSPS) is 19.3. The van der Waals surface area contributed by atoms with Crippen LogP contribution in [0.4, 0.5) is 5.69 Å². The fraction of sp³-hybridized carbons (Fsp3) is 0.263. The lowest BCUT2D eigenvalue weighted by molar-refractivity contribution is -0.384. The molecule has 1 saturated heterocycles. The molecule has 1 amide bonds. The SMILES string of the molecule is COc1ccc(C2CC(C(=O)N/N=C(\C)c3cccc([N+](=O)[O-])c3)NN2)cc1. The van der Waals surface area contributed by atoms with Gasteiger partial charge in [0.2, 0.25) is 0 Å². The van der Waals surface area contributed by atoms with Gasteiger partial charge in [-0.2, -0.15) is 5.10 Å². The zero-order valence-electron chi connectivity index (χ0n) is 15.5. The third kappa shape index (κ3) is 4.51. The van der Waals surface area contributed by atoms with Crippen LogP contribution in [0.2, 0.25) is 0 Å². The summed E-state index contributed by atoms with van der Waals surface area (Å²) in [5.41, 5.74) is 10.7. The first-order valence-corrected chi connectivity index (χ1v) is 8.72. The number of methoxy groups -OCH3 is 1. The lowest BCUT2D eigenvalue weighted by Crippen LogP contribution is -2.41. The van der Waals surface area contributed by atoms with Gasteiger partial charge < -0.3 is 4.74 Å². The Morgan fingerprint density at radius 1 is 1.25 bits per heavy atom. The first-order chi connectivity index (χ1) is 13.5. The lowest BCUT2D eigenvalue weighted by Gasteiger charge is -2.10. The molecule has 2 aromatic carbocycles. The quantitative estimate of drug-likeness (QED) is 0.399. The summed E-state index contributed by atoms with van der Waals surface area (Å²) >= 11 is 0. The molecule has 2 aromatic rings. The summed E-state index contributed by atoms with van der Waals surface area (Å²) in [6, 6.07) is 13.3. The first-order valence-electron chi connectivity index (χ1n) is 8.72. The van der Waals surface area contributed by atoms with Gasteiger partial charge >= 0.3 is 0 Å². The maximum atomic E-state index is 12.4. The molecule has 28 heavy (non-hydrogen) atoms. The highest BCUT2D eigenvalue weighted by Gasteiger charge is 2.30. The van der Waals surface area contributed by atoms with Gasteiger partial charge in [-0.25, -0.2) is 16.3 Å². The van der Waals surface area contributed by atoms with E-state index in [-0.39, 0.29) is 17.6 Å². The van der Waals surface area contributed by atoms with E-state index in [0.29, 0.717) is 17.7 Å². The number of nitrogens with zero attached hydrogens (tertiary/aromatic N) is 2. The number of benzene rings is 2. The smallest absolute Gasteiger partial charge is 0.270 e. The van der Waals surface area contributed by atoms with E-state index in [4.69, 9.17) is 4.74 Å². The predicted molar refractivity (Wildman–Crippen MR) is 104 cm³/mol. The van der Waals surface area contributed by atoms with E-state index in [2.05, 4.69) is 21.4 Å².